The molecule has 0 bridgehead atoms. The number of hydrogen-bond acceptors (Lipinski definition) is 3. The lowest BCUT2D eigenvalue weighted by Crippen LogP contribution is -2.46. The first-order valence-electron chi connectivity index (χ1n) is 6.51. The molecule has 2 unspecified atom stereocenters. The number of nitrogens with zero attached hydrogens (tertiary/aromatic N) is 1. The van der Waals surface area contributed by atoms with Crippen molar-refractivity contribution in [1.82, 2.24) is 4.90 Å². The van der Waals surface area contributed by atoms with Crippen molar-refractivity contribution in [1.29, 1.82) is 0 Å². The Balaban J connectivity index is 2.11. The lowest BCUT2D eigenvalue weighted by Gasteiger charge is -2.27. The number of carbonyl (C=O) groups excluding carboxylic acids is 1. The average Bonchev–Trinajstić information content (AvgIpc) is 2.91. The molecule has 0 aliphatic carbocycles. The van der Waals surface area contributed by atoms with E-state index in [9.17, 15) is 9.59 Å². The van der Waals surface area contributed by atoms with Crippen LogP contribution in [0.15, 0.2) is 18.2 Å². The number of para-hydroxylation sites is 1. The SMILES string of the molecule is Cc1cccc(Cl)c1NC(=O)N(C)C1COCC1C(=O)O. The van der Waals surface area contributed by atoms with Gasteiger partial charge in [0.2, 0.25) is 0 Å². The van der Waals surface area contributed by atoms with Gasteiger partial charge in [-0.3, -0.25) is 4.79 Å². The van der Waals surface area contributed by atoms with Gasteiger partial charge in [0, 0.05) is 7.05 Å². The van der Waals surface area contributed by atoms with Crippen LogP contribution in [0.5, 0.6) is 0 Å². The van der Waals surface area contributed by atoms with Crippen LogP contribution >= 0.6 is 11.6 Å². The lowest BCUT2D eigenvalue weighted by atomic mass is 10.0. The third kappa shape index (κ3) is 3.28. The van der Waals surface area contributed by atoms with E-state index in [2.05, 4.69) is 5.32 Å². The summed E-state index contributed by atoms with van der Waals surface area (Å²) >= 11 is 6.07. The fraction of sp³-hybridized carbons (Fsp3) is 0.429. The maximum Gasteiger partial charge on any atom is 0.321 e. The number of carbonyl (C=O) groups is 2. The third-order valence-electron chi connectivity index (χ3n) is 3.64. The van der Waals surface area contributed by atoms with Crippen molar-refractivity contribution in [3.05, 3.63) is 28.8 Å². The summed E-state index contributed by atoms with van der Waals surface area (Å²) in [6, 6.07) is 4.41. The maximum absolute atomic E-state index is 12.3. The monoisotopic (exact) mass is 312 g/mol. The third-order valence-corrected chi connectivity index (χ3v) is 3.95. The molecule has 1 fully saturated rings. The number of aliphatic carboxylic acids is 1. The Kier molecular flexibility index (Phi) is 4.69. The van der Waals surface area contributed by atoms with Crippen LogP contribution in [0.2, 0.25) is 5.02 Å². The molecular formula is C14H17ClN2O4. The molecule has 1 aromatic carbocycles. The first kappa shape index (κ1) is 15.6. The number of ether oxygens (including phenoxy) is 1. The van der Waals surface area contributed by atoms with Gasteiger partial charge in [-0.2, -0.15) is 0 Å². The fourth-order valence-electron chi connectivity index (χ4n) is 2.30. The van der Waals surface area contributed by atoms with E-state index in [1.165, 1.54) is 4.90 Å². The summed E-state index contributed by atoms with van der Waals surface area (Å²) in [5, 5.41) is 12.3. The molecule has 7 heteroatoms. The van der Waals surface area contributed by atoms with Crippen molar-refractivity contribution in [2.45, 2.75) is 13.0 Å². The minimum absolute atomic E-state index is 0.114. The van der Waals surface area contributed by atoms with Crippen LogP contribution in [0.1, 0.15) is 5.56 Å². The number of rotatable bonds is 3. The first-order chi connectivity index (χ1) is 9.91. The van der Waals surface area contributed by atoms with Gasteiger partial charge in [0.05, 0.1) is 30.0 Å². The van der Waals surface area contributed by atoms with Gasteiger partial charge in [-0.05, 0) is 18.6 Å². The van der Waals surface area contributed by atoms with Gasteiger partial charge >= 0.3 is 12.0 Å². The van der Waals surface area contributed by atoms with Gasteiger partial charge in [-0.15, -0.1) is 0 Å². The minimum Gasteiger partial charge on any atom is -0.481 e. The number of benzene rings is 1. The Morgan fingerprint density at radius 2 is 2.14 bits per heavy atom. The van der Waals surface area contributed by atoms with Crippen molar-refractivity contribution in [2.24, 2.45) is 5.92 Å². The minimum atomic E-state index is -0.967. The molecule has 114 valence electrons. The molecule has 0 spiro atoms. The van der Waals surface area contributed by atoms with E-state index in [0.29, 0.717) is 10.7 Å². The van der Waals surface area contributed by atoms with Crippen LogP contribution in [0.4, 0.5) is 10.5 Å². The highest BCUT2D eigenvalue weighted by Crippen LogP contribution is 2.26. The van der Waals surface area contributed by atoms with Crippen molar-refractivity contribution >= 4 is 29.3 Å². The van der Waals surface area contributed by atoms with E-state index in [-0.39, 0.29) is 13.2 Å². The van der Waals surface area contributed by atoms with Crippen LogP contribution in [0.25, 0.3) is 0 Å². The maximum atomic E-state index is 12.3. The van der Waals surface area contributed by atoms with Crippen molar-refractivity contribution in [2.75, 3.05) is 25.6 Å². The second-order valence-electron chi connectivity index (χ2n) is 5.02. The Morgan fingerprint density at radius 1 is 1.43 bits per heavy atom. The molecule has 2 amide bonds. The quantitative estimate of drug-likeness (QED) is 0.897. The number of amides is 2. The standard InChI is InChI=1S/C14H17ClN2O4/c1-8-4-3-5-10(15)12(8)16-14(20)17(2)11-7-21-6-9(11)13(18)19/h3-5,9,11H,6-7H2,1-2H3,(H,16,20)(H,18,19). The van der Waals surface area contributed by atoms with Gasteiger partial charge in [-0.25, -0.2) is 4.79 Å². The summed E-state index contributed by atoms with van der Waals surface area (Å²) < 4.78 is 5.17. The number of carboxylic acids is 1. The van der Waals surface area contributed by atoms with Crippen molar-refractivity contribution < 1.29 is 19.4 Å². The van der Waals surface area contributed by atoms with Gasteiger partial charge < -0.3 is 20.1 Å². The van der Waals surface area contributed by atoms with E-state index >= 15 is 0 Å². The van der Waals surface area contributed by atoms with Crippen LogP contribution < -0.4 is 5.32 Å². The predicted molar refractivity (Wildman–Crippen MR) is 78.7 cm³/mol. The second-order valence-corrected chi connectivity index (χ2v) is 5.43. The molecule has 1 heterocycles. The fourth-order valence-corrected chi connectivity index (χ4v) is 2.57. The number of likely N-dealkylation sites (N-methyl/N-ethyl adjacent to an activating group) is 1. The summed E-state index contributed by atoms with van der Waals surface area (Å²) in [6.45, 7) is 2.16. The molecule has 1 aliphatic heterocycles. The summed E-state index contributed by atoms with van der Waals surface area (Å²) in [4.78, 5) is 24.8. The normalized spacial score (nSPS) is 21.1. The summed E-state index contributed by atoms with van der Waals surface area (Å²) in [6.07, 6.45) is 0. The van der Waals surface area contributed by atoms with Crippen LogP contribution in [-0.2, 0) is 9.53 Å². The molecule has 0 aromatic heterocycles. The summed E-state index contributed by atoms with van der Waals surface area (Å²) in [5.41, 5.74) is 1.36. The number of aryl methyl sites for hydroxylation is 1. The Bertz CT molecular complexity index is 544. The number of carboxylic acid groups (broad SMARTS) is 1. The van der Waals surface area contributed by atoms with E-state index in [1.54, 1.807) is 19.2 Å². The zero-order valence-electron chi connectivity index (χ0n) is 11.8. The zero-order chi connectivity index (χ0) is 15.6. The van der Waals surface area contributed by atoms with Crippen molar-refractivity contribution in [3.8, 4) is 0 Å². The molecule has 1 saturated heterocycles. The highest BCUT2D eigenvalue weighted by atomic mass is 35.5. The van der Waals surface area contributed by atoms with Gasteiger partial charge in [0.1, 0.15) is 5.92 Å². The molecule has 1 aromatic rings. The average molecular weight is 313 g/mol. The highest BCUT2D eigenvalue weighted by molar-refractivity contribution is 6.33. The number of hydrogen-bond donors (Lipinski definition) is 2. The molecule has 21 heavy (non-hydrogen) atoms. The molecule has 2 atom stereocenters. The van der Waals surface area contributed by atoms with Crippen LogP contribution in [-0.4, -0.2) is 48.3 Å². The molecule has 1 aliphatic rings. The first-order valence-corrected chi connectivity index (χ1v) is 6.89. The summed E-state index contributed by atoms with van der Waals surface area (Å²) in [5.74, 6) is -1.68. The highest BCUT2D eigenvalue weighted by Gasteiger charge is 2.38. The molecular weight excluding hydrogens is 296 g/mol. The smallest absolute Gasteiger partial charge is 0.321 e. The van der Waals surface area contributed by atoms with Gasteiger partial charge in [0.25, 0.3) is 0 Å². The second kappa shape index (κ2) is 6.32. The number of urea groups is 1. The van der Waals surface area contributed by atoms with E-state index in [1.807, 2.05) is 13.0 Å². The number of nitrogens with one attached hydrogen (secondary N) is 1. The van der Waals surface area contributed by atoms with Crippen LogP contribution in [0.3, 0.4) is 0 Å². The largest absolute Gasteiger partial charge is 0.481 e. The lowest BCUT2D eigenvalue weighted by molar-refractivity contribution is -0.142. The summed E-state index contributed by atoms with van der Waals surface area (Å²) in [7, 11) is 1.55. The van der Waals surface area contributed by atoms with E-state index in [4.69, 9.17) is 21.4 Å². The zero-order valence-corrected chi connectivity index (χ0v) is 12.6. The topological polar surface area (TPSA) is 78.9 Å². The van der Waals surface area contributed by atoms with Crippen LogP contribution in [0, 0.1) is 12.8 Å². The van der Waals surface area contributed by atoms with Gasteiger partial charge in [-0.1, -0.05) is 23.7 Å². The molecule has 6 nitrogen and oxygen atoms in total. The van der Waals surface area contributed by atoms with Crippen molar-refractivity contribution in [3.63, 3.8) is 0 Å². The Hall–Kier alpha value is -1.79. The Morgan fingerprint density at radius 3 is 2.76 bits per heavy atom. The van der Waals surface area contributed by atoms with E-state index < -0.39 is 24.0 Å². The van der Waals surface area contributed by atoms with E-state index in [0.717, 1.165) is 5.56 Å². The number of halogens is 1. The molecule has 2 rings (SSSR count). The molecule has 0 radical (unpaired) electrons. The predicted octanol–water partition coefficient (Wildman–Crippen LogP) is 2.21. The number of anilines is 1. The molecule has 2 N–H and O–H groups in total. The molecule has 0 saturated carbocycles. The van der Waals surface area contributed by atoms with Gasteiger partial charge in [0.15, 0.2) is 0 Å². The Labute approximate surface area is 127 Å².